The number of carbonyl (C=O) groups excluding carboxylic acids is 2. The van der Waals surface area contributed by atoms with Gasteiger partial charge in [0, 0.05) is 30.3 Å². The highest BCUT2D eigenvalue weighted by molar-refractivity contribution is 7.80. The molecule has 4 unspecified atom stereocenters. The minimum Gasteiger partial charge on any atom is -0.463 e. The molecule has 4 rings (SSSR count). The topological polar surface area (TPSA) is 105 Å². The molecule has 4 fully saturated rings. The van der Waals surface area contributed by atoms with Gasteiger partial charge in [0.2, 0.25) is 0 Å². The third kappa shape index (κ3) is 31.3. The molecule has 0 amide bonds. The summed E-state index contributed by atoms with van der Waals surface area (Å²) in [4.78, 5) is 20.5. The second-order valence-corrected chi connectivity index (χ2v) is 11.7. The first-order valence-electron chi connectivity index (χ1n) is 17.3. The van der Waals surface area contributed by atoms with Gasteiger partial charge in [-0.15, -0.1) is 6.58 Å². The summed E-state index contributed by atoms with van der Waals surface area (Å²) in [6.45, 7) is 34.3. The SMILES string of the molecule is C=C(C)C(=O)OCC.C=CC.C=CC(=O)OCC.CCC1CCC2OC2C1.CCOCC1(CC)COC1.CCOCC1CO1.CCS. The lowest BCUT2D eigenvalue weighted by Gasteiger charge is -2.40. The van der Waals surface area contributed by atoms with Crippen molar-refractivity contribution >= 4 is 24.6 Å². The maximum atomic E-state index is 10.4. The Balaban J connectivity index is -0.000000497. The van der Waals surface area contributed by atoms with Crippen LogP contribution in [0.15, 0.2) is 37.5 Å². The molecule has 278 valence electrons. The quantitative estimate of drug-likeness (QED) is 0.0721. The third-order valence-corrected chi connectivity index (χ3v) is 6.86. The van der Waals surface area contributed by atoms with Gasteiger partial charge in [-0.2, -0.15) is 12.6 Å². The number of hydrogen-bond acceptors (Lipinski definition) is 10. The maximum absolute atomic E-state index is 10.4. The number of esters is 2. The summed E-state index contributed by atoms with van der Waals surface area (Å²) < 4.78 is 34.8. The fourth-order valence-corrected chi connectivity index (χ4v) is 3.83. The predicted octanol–water partition coefficient (Wildman–Crippen LogP) is 7.82. The minimum absolute atomic E-state index is 0.312. The molecule has 1 aliphatic carbocycles. The summed E-state index contributed by atoms with van der Waals surface area (Å²) in [7, 11) is 0. The Morgan fingerprint density at radius 2 is 1.47 bits per heavy atom. The Kier molecular flexibility index (Phi) is 36.1. The molecule has 0 aromatic carbocycles. The zero-order chi connectivity index (χ0) is 36.5. The monoisotopic (exact) mass is 690 g/mol. The smallest absolute Gasteiger partial charge is 0.333 e. The standard InChI is InChI=1S/C8H16O2.C8H14O.C6H10O2.C5H10O2.C5H8O2.C3H6.C2H6S/c1-3-8(5-9-4-2)6-10-7-8;1-2-6-3-4-7-8(5-6)9-7;1-4-8-6(7)5(2)3;1-2-6-3-5-4-7-5;1-3-5(6)7-4-2;1-3-2;1-2-3/h3-7H2,1-2H3;6-8H,2-5H2,1H3;2,4H2,1,3H3;5H,2-4H2,1H3;3H,1,4H2,2H3;3H,1H2,2H3;3H,2H2,1H3. The summed E-state index contributed by atoms with van der Waals surface area (Å²) in [6.07, 6.45) is 11.3. The van der Waals surface area contributed by atoms with Crippen LogP contribution in [0.4, 0.5) is 0 Å². The van der Waals surface area contributed by atoms with E-state index in [0.717, 1.165) is 64.0 Å². The van der Waals surface area contributed by atoms with Crippen LogP contribution in [0.1, 0.15) is 94.4 Å². The Hall–Kier alpha value is -1.69. The Bertz CT molecular complexity index is 776. The van der Waals surface area contributed by atoms with Crippen molar-refractivity contribution in [3.05, 3.63) is 37.5 Å². The van der Waals surface area contributed by atoms with Gasteiger partial charge in [-0.1, -0.05) is 46.4 Å². The van der Waals surface area contributed by atoms with E-state index in [1.807, 2.05) is 27.7 Å². The molecule has 0 radical (unpaired) electrons. The average molecular weight is 691 g/mol. The van der Waals surface area contributed by atoms with Crippen LogP contribution in [0.2, 0.25) is 0 Å². The van der Waals surface area contributed by atoms with Crippen molar-refractivity contribution in [1.82, 2.24) is 0 Å². The van der Waals surface area contributed by atoms with E-state index >= 15 is 0 Å². The van der Waals surface area contributed by atoms with E-state index in [9.17, 15) is 9.59 Å². The van der Waals surface area contributed by atoms with Crippen molar-refractivity contribution in [2.75, 3.05) is 65.2 Å². The van der Waals surface area contributed by atoms with Crippen molar-refractivity contribution in [1.29, 1.82) is 0 Å². The molecule has 1 saturated carbocycles. The highest BCUT2D eigenvalue weighted by atomic mass is 32.1. The van der Waals surface area contributed by atoms with Gasteiger partial charge < -0.3 is 33.2 Å². The zero-order valence-electron chi connectivity index (χ0n) is 31.3. The lowest BCUT2D eigenvalue weighted by atomic mass is 9.84. The molecular weight excluding hydrogens is 620 g/mol. The summed E-state index contributed by atoms with van der Waals surface area (Å²) >= 11 is 3.79. The van der Waals surface area contributed by atoms with Crippen LogP contribution in [-0.4, -0.2) is 95.5 Å². The number of rotatable bonds is 12. The molecule has 4 atom stereocenters. The number of epoxide rings is 2. The zero-order valence-corrected chi connectivity index (χ0v) is 32.2. The number of carbonyl (C=O) groups is 2. The number of thiol groups is 1. The molecule has 0 aromatic rings. The number of fused-ring (bicyclic) bond motifs is 1. The van der Waals surface area contributed by atoms with Gasteiger partial charge in [-0.25, -0.2) is 9.59 Å². The van der Waals surface area contributed by atoms with Gasteiger partial charge in [-0.3, -0.25) is 0 Å². The van der Waals surface area contributed by atoms with E-state index in [2.05, 4.69) is 55.7 Å². The van der Waals surface area contributed by atoms with Crippen LogP contribution >= 0.6 is 12.6 Å². The molecule has 3 aliphatic heterocycles. The van der Waals surface area contributed by atoms with Crippen molar-refractivity contribution < 1.29 is 42.7 Å². The van der Waals surface area contributed by atoms with Crippen LogP contribution in [0.25, 0.3) is 0 Å². The van der Waals surface area contributed by atoms with Crippen LogP contribution in [-0.2, 0) is 42.7 Å². The molecule has 0 N–H and O–H groups in total. The number of allylic oxidation sites excluding steroid dienone is 1. The first-order chi connectivity index (χ1) is 22.5. The average Bonchev–Trinajstić information content (AvgIpc) is 3.98. The normalized spacial score (nSPS) is 21.3. The van der Waals surface area contributed by atoms with Crippen LogP contribution in [0.3, 0.4) is 0 Å². The van der Waals surface area contributed by atoms with Gasteiger partial charge in [0.25, 0.3) is 0 Å². The first kappa shape index (κ1) is 49.7. The van der Waals surface area contributed by atoms with Gasteiger partial charge in [-0.05, 0) is 78.9 Å². The maximum Gasteiger partial charge on any atom is 0.333 e. The Morgan fingerprint density at radius 1 is 0.915 bits per heavy atom. The largest absolute Gasteiger partial charge is 0.463 e. The Labute approximate surface area is 293 Å². The van der Waals surface area contributed by atoms with Crippen molar-refractivity contribution in [2.24, 2.45) is 11.3 Å². The fourth-order valence-electron chi connectivity index (χ4n) is 3.83. The van der Waals surface area contributed by atoms with E-state index in [-0.39, 0.29) is 11.9 Å². The molecule has 3 heterocycles. The van der Waals surface area contributed by atoms with Gasteiger partial charge >= 0.3 is 11.9 Å². The van der Waals surface area contributed by atoms with Crippen molar-refractivity contribution in [3.8, 4) is 0 Å². The molecule has 0 aromatic heterocycles. The Morgan fingerprint density at radius 3 is 1.77 bits per heavy atom. The van der Waals surface area contributed by atoms with Crippen molar-refractivity contribution in [2.45, 2.75) is 113 Å². The molecule has 3 saturated heterocycles. The lowest BCUT2D eigenvalue weighted by molar-refractivity contribution is -0.149. The van der Waals surface area contributed by atoms with Gasteiger partial charge in [0.05, 0.1) is 58.5 Å². The second-order valence-electron chi connectivity index (χ2n) is 11.1. The van der Waals surface area contributed by atoms with Gasteiger partial charge in [0.1, 0.15) is 6.10 Å². The fraction of sp³-hybridized carbons (Fsp3) is 0.784. The summed E-state index contributed by atoms with van der Waals surface area (Å²) in [5.41, 5.74) is 0.822. The molecule has 4 aliphatic rings. The highest BCUT2D eigenvalue weighted by Crippen LogP contribution is 2.40. The minimum atomic E-state index is -0.359. The predicted molar refractivity (Wildman–Crippen MR) is 196 cm³/mol. The van der Waals surface area contributed by atoms with E-state index in [4.69, 9.17) is 23.7 Å². The van der Waals surface area contributed by atoms with E-state index < -0.39 is 0 Å². The summed E-state index contributed by atoms with van der Waals surface area (Å²) in [5, 5.41) is 0. The third-order valence-electron chi connectivity index (χ3n) is 6.86. The van der Waals surface area contributed by atoms with Crippen LogP contribution in [0.5, 0.6) is 0 Å². The van der Waals surface area contributed by atoms with Crippen LogP contribution in [0, 0.1) is 11.3 Å². The second kappa shape index (κ2) is 34.2. The molecular formula is C37H70O9S. The highest BCUT2D eigenvalue weighted by Gasteiger charge is 2.43. The van der Waals surface area contributed by atoms with E-state index in [1.54, 1.807) is 26.8 Å². The number of hydrogen-bond donors (Lipinski definition) is 1. The number of ether oxygens (including phenoxy) is 7. The van der Waals surface area contributed by atoms with E-state index in [0.29, 0.717) is 42.5 Å². The van der Waals surface area contributed by atoms with Crippen LogP contribution < -0.4 is 0 Å². The summed E-state index contributed by atoms with van der Waals surface area (Å²) in [6, 6.07) is 0. The van der Waals surface area contributed by atoms with Gasteiger partial charge in [0.15, 0.2) is 0 Å². The molecule has 10 heteroatoms. The molecule has 0 spiro atoms. The first-order valence-corrected chi connectivity index (χ1v) is 17.9. The molecule has 47 heavy (non-hydrogen) atoms. The lowest BCUT2D eigenvalue weighted by Crippen LogP contribution is -2.45. The van der Waals surface area contributed by atoms with Crippen molar-refractivity contribution in [3.63, 3.8) is 0 Å². The summed E-state index contributed by atoms with van der Waals surface area (Å²) in [5.74, 6) is 1.25. The molecule has 9 nitrogen and oxygen atoms in total. The molecule has 0 bridgehead atoms. The van der Waals surface area contributed by atoms with E-state index in [1.165, 1.54) is 32.1 Å².